The van der Waals surface area contributed by atoms with Crippen LogP contribution in [0.5, 0.6) is 0 Å². The van der Waals surface area contributed by atoms with Gasteiger partial charge in [-0.05, 0) is 48.7 Å². The number of halogens is 1. The molecule has 0 unspecified atom stereocenters. The van der Waals surface area contributed by atoms with E-state index in [2.05, 4.69) is 28.1 Å². The van der Waals surface area contributed by atoms with E-state index in [1.54, 1.807) is 0 Å². The summed E-state index contributed by atoms with van der Waals surface area (Å²) in [4.78, 5) is 0. The Morgan fingerprint density at radius 3 is 2.24 bits per heavy atom. The molecule has 0 bridgehead atoms. The highest BCUT2D eigenvalue weighted by Gasteiger charge is 2.26. The zero-order valence-corrected chi connectivity index (χ0v) is 15.0. The Kier molecular flexibility index (Phi) is 5.61. The minimum absolute atomic E-state index is 0.300. The summed E-state index contributed by atoms with van der Waals surface area (Å²) < 4.78 is 24.7. The third-order valence-corrected chi connectivity index (χ3v) is 5.99. The Hall–Kier alpha value is -0.670. The molecule has 0 aliphatic heterocycles. The molecule has 114 valence electrons. The molecular weight excluding hydrogens is 351 g/mol. The van der Waals surface area contributed by atoms with Gasteiger partial charge in [0, 0.05) is 4.47 Å². The van der Waals surface area contributed by atoms with Gasteiger partial charge in [0.05, 0.1) is 19.4 Å². The van der Waals surface area contributed by atoms with Crippen molar-refractivity contribution in [1.82, 2.24) is 0 Å². The predicted molar refractivity (Wildman–Crippen MR) is 90.9 cm³/mol. The van der Waals surface area contributed by atoms with Crippen molar-refractivity contribution in [2.24, 2.45) is 0 Å². The van der Waals surface area contributed by atoms with Crippen LogP contribution in [0, 0.1) is 6.92 Å². The number of hydrogen-bond donors (Lipinski definition) is 0. The molecule has 0 fully saturated rings. The largest absolute Gasteiger partial charge is 0.335 e. The van der Waals surface area contributed by atoms with E-state index < -0.39 is 7.60 Å². The third-order valence-electron chi connectivity index (χ3n) is 3.33. The van der Waals surface area contributed by atoms with E-state index in [-0.39, 0.29) is 0 Å². The second-order valence-electron chi connectivity index (χ2n) is 4.80. The van der Waals surface area contributed by atoms with Crippen LogP contribution in [0.3, 0.4) is 0 Å². The number of hydrogen-bond acceptors (Lipinski definition) is 3. The molecule has 2 aromatic carbocycles. The molecule has 0 heterocycles. The minimum Gasteiger partial charge on any atom is -0.309 e. The Bertz CT molecular complexity index is 675. The van der Waals surface area contributed by atoms with Gasteiger partial charge in [-0.25, -0.2) is 0 Å². The molecule has 21 heavy (non-hydrogen) atoms. The first kappa shape index (κ1) is 16.7. The fourth-order valence-electron chi connectivity index (χ4n) is 2.45. The fourth-order valence-corrected chi connectivity index (χ4v) is 4.99. The van der Waals surface area contributed by atoms with E-state index in [0.29, 0.717) is 19.4 Å². The van der Waals surface area contributed by atoms with E-state index in [0.717, 1.165) is 26.4 Å². The van der Waals surface area contributed by atoms with Crippen LogP contribution < -0.4 is 0 Å². The first-order valence-electron chi connectivity index (χ1n) is 7.05. The van der Waals surface area contributed by atoms with Crippen molar-refractivity contribution in [2.75, 3.05) is 13.2 Å². The smallest absolute Gasteiger partial charge is 0.309 e. The van der Waals surface area contributed by atoms with Gasteiger partial charge < -0.3 is 9.05 Å². The highest BCUT2D eigenvalue weighted by molar-refractivity contribution is 9.10. The van der Waals surface area contributed by atoms with Crippen LogP contribution in [0.15, 0.2) is 34.8 Å². The SMILES string of the molecule is CCOP(=O)(Cc1c(C)cc(Br)c2ccccc12)OCC. The lowest BCUT2D eigenvalue weighted by atomic mass is 10.0. The summed E-state index contributed by atoms with van der Waals surface area (Å²) in [6.07, 6.45) is 0.300. The molecule has 0 spiro atoms. The van der Waals surface area contributed by atoms with E-state index in [1.165, 1.54) is 0 Å². The van der Waals surface area contributed by atoms with E-state index in [4.69, 9.17) is 9.05 Å². The third kappa shape index (κ3) is 3.75. The molecule has 3 nitrogen and oxygen atoms in total. The van der Waals surface area contributed by atoms with Gasteiger partial charge in [-0.2, -0.15) is 0 Å². The lowest BCUT2D eigenvalue weighted by Gasteiger charge is -2.19. The van der Waals surface area contributed by atoms with Crippen LogP contribution in [0.1, 0.15) is 25.0 Å². The van der Waals surface area contributed by atoms with Gasteiger partial charge in [0.1, 0.15) is 0 Å². The summed E-state index contributed by atoms with van der Waals surface area (Å²) in [7, 11) is -3.10. The van der Waals surface area contributed by atoms with Crippen LogP contribution in [0.2, 0.25) is 0 Å². The quantitative estimate of drug-likeness (QED) is 0.613. The van der Waals surface area contributed by atoms with Crippen molar-refractivity contribution in [3.8, 4) is 0 Å². The Balaban J connectivity index is 2.53. The molecular formula is C16H20BrO3P. The van der Waals surface area contributed by atoms with Gasteiger partial charge in [-0.1, -0.05) is 40.2 Å². The summed E-state index contributed by atoms with van der Waals surface area (Å²) in [6, 6.07) is 10.1. The van der Waals surface area contributed by atoms with Gasteiger partial charge in [0.25, 0.3) is 0 Å². The van der Waals surface area contributed by atoms with Crippen molar-refractivity contribution in [3.63, 3.8) is 0 Å². The normalized spacial score (nSPS) is 12.0. The number of aryl methyl sites for hydroxylation is 1. The molecule has 5 heteroatoms. The summed E-state index contributed by atoms with van der Waals surface area (Å²) in [5, 5.41) is 2.20. The highest BCUT2D eigenvalue weighted by Crippen LogP contribution is 2.52. The van der Waals surface area contributed by atoms with Crippen LogP contribution >= 0.6 is 23.5 Å². The average Bonchev–Trinajstić information content (AvgIpc) is 2.44. The maximum atomic E-state index is 12.8. The van der Waals surface area contributed by atoms with Crippen LogP contribution in [0.4, 0.5) is 0 Å². The standard InChI is InChI=1S/C16H20BrO3P/c1-4-19-21(18,20-5-2)11-15-12(3)10-16(17)14-9-7-6-8-13(14)15/h6-10H,4-5,11H2,1-3H3. The molecule has 0 saturated carbocycles. The summed E-state index contributed by atoms with van der Waals surface area (Å²) in [6.45, 7) is 6.45. The van der Waals surface area contributed by atoms with Crippen molar-refractivity contribution in [3.05, 3.63) is 45.9 Å². The molecule has 0 saturated heterocycles. The summed E-state index contributed by atoms with van der Waals surface area (Å²) >= 11 is 3.59. The van der Waals surface area contributed by atoms with Crippen LogP contribution in [-0.4, -0.2) is 13.2 Å². The number of benzene rings is 2. The molecule has 0 atom stereocenters. The zero-order valence-electron chi connectivity index (χ0n) is 12.6. The minimum atomic E-state index is -3.10. The fraction of sp³-hybridized carbons (Fsp3) is 0.375. The first-order chi connectivity index (χ1) is 10.0. The molecule has 2 aromatic rings. The second-order valence-corrected chi connectivity index (χ2v) is 7.71. The molecule has 0 aromatic heterocycles. The first-order valence-corrected chi connectivity index (χ1v) is 9.57. The van der Waals surface area contributed by atoms with Gasteiger partial charge in [-0.15, -0.1) is 0 Å². The molecule has 0 radical (unpaired) electrons. The monoisotopic (exact) mass is 370 g/mol. The van der Waals surface area contributed by atoms with Gasteiger partial charge in [-0.3, -0.25) is 4.57 Å². The van der Waals surface area contributed by atoms with Crippen molar-refractivity contribution in [1.29, 1.82) is 0 Å². The van der Waals surface area contributed by atoms with Gasteiger partial charge >= 0.3 is 7.60 Å². The maximum absolute atomic E-state index is 12.8. The Morgan fingerprint density at radius 2 is 1.67 bits per heavy atom. The molecule has 0 amide bonds. The highest BCUT2D eigenvalue weighted by atomic mass is 79.9. The molecule has 2 rings (SSSR count). The van der Waals surface area contributed by atoms with E-state index in [9.17, 15) is 4.57 Å². The Morgan fingerprint density at radius 1 is 1.10 bits per heavy atom. The van der Waals surface area contributed by atoms with E-state index >= 15 is 0 Å². The zero-order chi connectivity index (χ0) is 15.5. The predicted octanol–water partition coefficient (Wildman–Crippen LogP) is 5.68. The van der Waals surface area contributed by atoms with Crippen molar-refractivity contribution >= 4 is 34.3 Å². The van der Waals surface area contributed by atoms with Crippen molar-refractivity contribution in [2.45, 2.75) is 26.9 Å². The lowest BCUT2D eigenvalue weighted by Crippen LogP contribution is -2.01. The van der Waals surface area contributed by atoms with Crippen LogP contribution in [0.25, 0.3) is 10.8 Å². The summed E-state index contributed by atoms with van der Waals surface area (Å²) in [5.74, 6) is 0. The average molecular weight is 371 g/mol. The molecule has 0 aliphatic carbocycles. The van der Waals surface area contributed by atoms with Gasteiger partial charge in [0.15, 0.2) is 0 Å². The van der Waals surface area contributed by atoms with Crippen molar-refractivity contribution < 1.29 is 13.6 Å². The number of fused-ring (bicyclic) bond motifs is 1. The molecule has 0 aliphatic rings. The van der Waals surface area contributed by atoms with E-state index in [1.807, 2.05) is 39.0 Å². The topological polar surface area (TPSA) is 35.5 Å². The second kappa shape index (κ2) is 7.06. The summed E-state index contributed by atoms with van der Waals surface area (Å²) in [5.41, 5.74) is 2.11. The number of rotatable bonds is 6. The maximum Gasteiger partial charge on any atom is 0.335 e. The lowest BCUT2D eigenvalue weighted by molar-refractivity contribution is 0.219. The molecule has 0 N–H and O–H groups in total. The van der Waals surface area contributed by atoms with Crippen LogP contribution in [-0.2, 0) is 19.8 Å². The van der Waals surface area contributed by atoms with Gasteiger partial charge in [0.2, 0.25) is 0 Å². The Labute approximate surface area is 134 Å².